The first kappa shape index (κ1) is 7.22. The van der Waals surface area contributed by atoms with Crippen molar-refractivity contribution in [3.8, 4) is 0 Å². The van der Waals surface area contributed by atoms with Gasteiger partial charge in [-0.2, -0.15) is 0 Å². The van der Waals surface area contributed by atoms with Gasteiger partial charge >= 0.3 is 0 Å². The van der Waals surface area contributed by atoms with E-state index < -0.39 is 0 Å². The van der Waals surface area contributed by atoms with Crippen molar-refractivity contribution in [1.29, 1.82) is 0 Å². The third-order valence-electron chi connectivity index (χ3n) is 1.48. The fourth-order valence-electron chi connectivity index (χ4n) is 0.938. The highest BCUT2D eigenvalue weighted by atomic mass is 14.9. The van der Waals surface area contributed by atoms with E-state index in [1.165, 1.54) is 5.57 Å². The van der Waals surface area contributed by atoms with Crippen LogP contribution in [0.25, 0.3) is 0 Å². The second-order valence-corrected chi connectivity index (χ2v) is 2.23. The summed E-state index contributed by atoms with van der Waals surface area (Å²) in [5.74, 6) is 0. The lowest BCUT2D eigenvalue weighted by Crippen LogP contribution is -2.04. The second kappa shape index (κ2) is 4.01. The molecule has 0 aliphatic carbocycles. The Labute approximate surface area is 61.4 Å². The Morgan fingerprint density at radius 1 is 1.60 bits per heavy atom. The van der Waals surface area contributed by atoms with Crippen LogP contribution in [0, 0.1) is 0 Å². The van der Waals surface area contributed by atoms with Gasteiger partial charge in [0.1, 0.15) is 0 Å². The smallest absolute Gasteiger partial charge is 0.0267 e. The van der Waals surface area contributed by atoms with Crippen LogP contribution in [-0.4, -0.2) is 19.3 Å². The van der Waals surface area contributed by atoms with E-state index in [1.54, 1.807) is 12.4 Å². The maximum absolute atomic E-state index is 3.87. The summed E-state index contributed by atoms with van der Waals surface area (Å²) < 4.78 is 0. The van der Waals surface area contributed by atoms with Gasteiger partial charge in [-0.15, -0.1) is 0 Å². The van der Waals surface area contributed by atoms with Gasteiger partial charge in [-0.1, -0.05) is 12.2 Å². The minimum atomic E-state index is 1.02. The molecule has 0 saturated carbocycles. The van der Waals surface area contributed by atoms with E-state index in [9.17, 15) is 0 Å². The van der Waals surface area contributed by atoms with E-state index in [1.807, 2.05) is 6.08 Å². The highest BCUT2D eigenvalue weighted by Crippen LogP contribution is 2.03. The van der Waals surface area contributed by atoms with Crippen LogP contribution in [-0.2, 0) is 0 Å². The van der Waals surface area contributed by atoms with Crippen molar-refractivity contribution in [2.75, 3.05) is 13.1 Å². The largest absolute Gasteiger partial charge is 0.313 e. The quantitative estimate of drug-likeness (QED) is 0.565. The number of nitrogens with one attached hydrogen (secondary N) is 1. The van der Waals surface area contributed by atoms with Crippen LogP contribution >= 0.6 is 0 Å². The van der Waals surface area contributed by atoms with Gasteiger partial charge in [-0.25, -0.2) is 0 Å². The van der Waals surface area contributed by atoms with Crippen molar-refractivity contribution in [1.82, 2.24) is 5.32 Å². The van der Waals surface area contributed by atoms with Crippen LogP contribution in [0.1, 0.15) is 6.42 Å². The van der Waals surface area contributed by atoms with Crippen LogP contribution in [0.3, 0.4) is 0 Å². The van der Waals surface area contributed by atoms with E-state index in [4.69, 9.17) is 0 Å². The molecule has 1 heterocycles. The fourth-order valence-corrected chi connectivity index (χ4v) is 0.938. The summed E-state index contributed by atoms with van der Waals surface area (Å²) in [4.78, 5) is 3.87. The number of rotatable bonds is 2. The molecule has 0 unspecified atom stereocenters. The molecule has 2 heteroatoms. The van der Waals surface area contributed by atoms with Gasteiger partial charge in [0.2, 0.25) is 0 Å². The molecule has 1 saturated heterocycles. The molecule has 10 heavy (non-hydrogen) atoms. The van der Waals surface area contributed by atoms with Crippen LogP contribution in [0.5, 0.6) is 0 Å². The standard InChI is InChI=1S/C8H12N2/c1-2-9-5-3-8-4-6-10-7-8/h2-3,5,10H,1,4,6-7H2/b8-3+,9-5?. The summed E-state index contributed by atoms with van der Waals surface area (Å²) in [6.45, 7) is 5.60. The Morgan fingerprint density at radius 2 is 2.50 bits per heavy atom. The molecule has 0 bridgehead atoms. The van der Waals surface area contributed by atoms with Crippen molar-refractivity contribution in [2.45, 2.75) is 6.42 Å². The van der Waals surface area contributed by atoms with Gasteiger partial charge in [0, 0.05) is 19.0 Å². The number of nitrogens with zero attached hydrogens (tertiary/aromatic N) is 1. The van der Waals surface area contributed by atoms with Crippen molar-refractivity contribution in [3.63, 3.8) is 0 Å². The third kappa shape index (κ3) is 2.15. The monoisotopic (exact) mass is 136 g/mol. The molecule has 1 rings (SSSR count). The van der Waals surface area contributed by atoms with Crippen LogP contribution in [0.4, 0.5) is 0 Å². The SMILES string of the molecule is C=CN=C/C=C1\CCNC1. The molecule has 0 aromatic carbocycles. The lowest BCUT2D eigenvalue weighted by Gasteiger charge is -1.86. The molecule has 0 atom stereocenters. The molecule has 54 valence electrons. The lowest BCUT2D eigenvalue weighted by atomic mass is 10.2. The Balaban J connectivity index is 2.37. The van der Waals surface area contributed by atoms with Crippen LogP contribution in [0.15, 0.2) is 29.4 Å². The molecule has 0 spiro atoms. The zero-order chi connectivity index (χ0) is 7.23. The fraction of sp³-hybridized carbons (Fsp3) is 0.375. The summed E-state index contributed by atoms with van der Waals surface area (Å²) in [5.41, 5.74) is 1.42. The molecular formula is C8H12N2. The summed E-state index contributed by atoms with van der Waals surface area (Å²) in [6.07, 6.45) is 6.53. The molecule has 1 fully saturated rings. The first-order valence-electron chi connectivity index (χ1n) is 3.46. The molecule has 0 aromatic rings. The van der Waals surface area contributed by atoms with E-state index in [2.05, 4.69) is 16.9 Å². The number of hydrogen-bond donors (Lipinski definition) is 1. The molecule has 0 radical (unpaired) electrons. The second-order valence-electron chi connectivity index (χ2n) is 2.23. The molecule has 2 nitrogen and oxygen atoms in total. The summed E-state index contributed by atoms with van der Waals surface area (Å²) in [5, 5.41) is 3.24. The van der Waals surface area contributed by atoms with Gasteiger partial charge in [0.25, 0.3) is 0 Å². The first-order chi connectivity index (χ1) is 4.93. The molecular weight excluding hydrogens is 124 g/mol. The molecule has 1 aliphatic heterocycles. The first-order valence-corrected chi connectivity index (χ1v) is 3.46. The van der Waals surface area contributed by atoms with Gasteiger partial charge in [-0.3, -0.25) is 4.99 Å². The van der Waals surface area contributed by atoms with E-state index in [-0.39, 0.29) is 0 Å². The van der Waals surface area contributed by atoms with Crippen molar-refractivity contribution >= 4 is 6.21 Å². The average molecular weight is 136 g/mol. The molecule has 0 amide bonds. The lowest BCUT2D eigenvalue weighted by molar-refractivity contribution is 0.862. The summed E-state index contributed by atoms with van der Waals surface area (Å²) in [6, 6.07) is 0. The highest BCUT2D eigenvalue weighted by Gasteiger charge is 2.02. The number of allylic oxidation sites excluding steroid dienone is 1. The van der Waals surface area contributed by atoms with Gasteiger partial charge in [0.05, 0.1) is 0 Å². The van der Waals surface area contributed by atoms with Gasteiger partial charge in [-0.05, 0) is 19.0 Å². The van der Waals surface area contributed by atoms with Crippen molar-refractivity contribution < 1.29 is 0 Å². The Kier molecular flexibility index (Phi) is 2.90. The zero-order valence-corrected chi connectivity index (χ0v) is 6.01. The van der Waals surface area contributed by atoms with E-state index >= 15 is 0 Å². The average Bonchev–Trinajstić information content (AvgIpc) is 2.41. The molecule has 0 aromatic heterocycles. The normalized spacial score (nSPS) is 22.6. The van der Waals surface area contributed by atoms with Gasteiger partial charge < -0.3 is 5.32 Å². The predicted molar refractivity (Wildman–Crippen MR) is 44.3 cm³/mol. The Morgan fingerprint density at radius 3 is 3.10 bits per heavy atom. The number of hydrogen-bond acceptors (Lipinski definition) is 2. The highest BCUT2D eigenvalue weighted by molar-refractivity contribution is 5.72. The summed E-state index contributed by atoms with van der Waals surface area (Å²) in [7, 11) is 0. The molecule has 1 N–H and O–H groups in total. The Hall–Kier alpha value is -0.890. The van der Waals surface area contributed by atoms with Crippen molar-refractivity contribution in [3.05, 3.63) is 24.4 Å². The Bertz CT molecular complexity index is 160. The number of aliphatic imine (C=N–C) groups is 1. The topological polar surface area (TPSA) is 24.4 Å². The maximum atomic E-state index is 3.87. The van der Waals surface area contributed by atoms with Crippen LogP contribution < -0.4 is 5.32 Å². The third-order valence-corrected chi connectivity index (χ3v) is 1.48. The predicted octanol–water partition coefficient (Wildman–Crippen LogP) is 1.12. The minimum absolute atomic E-state index is 1.02. The van der Waals surface area contributed by atoms with E-state index in [0.29, 0.717) is 0 Å². The maximum Gasteiger partial charge on any atom is 0.0267 e. The summed E-state index contributed by atoms with van der Waals surface area (Å²) >= 11 is 0. The zero-order valence-electron chi connectivity index (χ0n) is 6.01. The van der Waals surface area contributed by atoms with Crippen LogP contribution in [0.2, 0.25) is 0 Å². The minimum Gasteiger partial charge on any atom is -0.313 e. The molecule has 1 aliphatic rings. The van der Waals surface area contributed by atoms with Gasteiger partial charge in [0.15, 0.2) is 0 Å². The van der Waals surface area contributed by atoms with E-state index in [0.717, 1.165) is 19.5 Å². The van der Waals surface area contributed by atoms with Crippen molar-refractivity contribution in [2.24, 2.45) is 4.99 Å².